The molecular formula is C22H29ClF3N3O3. The molecule has 0 bridgehead atoms. The van der Waals surface area contributed by atoms with Gasteiger partial charge in [0.2, 0.25) is 5.91 Å². The van der Waals surface area contributed by atoms with Crippen molar-refractivity contribution in [2.45, 2.75) is 25.4 Å². The molecule has 2 heterocycles. The van der Waals surface area contributed by atoms with Crippen LogP contribution in [-0.2, 0) is 9.53 Å². The topological polar surface area (TPSA) is 53.1 Å². The highest BCUT2D eigenvalue weighted by Gasteiger charge is 2.33. The fourth-order valence-electron chi connectivity index (χ4n) is 4.17. The summed E-state index contributed by atoms with van der Waals surface area (Å²) in [6.45, 7) is 3.09. The minimum Gasteiger partial charge on any atom is -0.372 e. The van der Waals surface area contributed by atoms with Crippen LogP contribution in [0.1, 0.15) is 29.6 Å². The molecule has 0 N–H and O–H groups in total. The molecule has 2 fully saturated rings. The van der Waals surface area contributed by atoms with E-state index in [1.54, 1.807) is 29.2 Å². The van der Waals surface area contributed by atoms with Gasteiger partial charge in [0, 0.05) is 63.0 Å². The predicted molar refractivity (Wildman–Crippen MR) is 115 cm³/mol. The van der Waals surface area contributed by atoms with Crippen molar-refractivity contribution in [1.29, 1.82) is 0 Å². The minimum absolute atomic E-state index is 0.0677. The van der Waals surface area contributed by atoms with E-state index >= 15 is 0 Å². The van der Waals surface area contributed by atoms with Gasteiger partial charge in [-0.15, -0.1) is 0 Å². The first-order chi connectivity index (χ1) is 15.2. The molecule has 6 nitrogen and oxygen atoms in total. The highest BCUT2D eigenvalue weighted by Crippen LogP contribution is 2.22. The number of amides is 2. The molecule has 1 unspecified atom stereocenters. The molecule has 32 heavy (non-hydrogen) atoms. The predicted octanol–water partition coefficient (Wildman–Crippen LogP) is 3.31. The highest BCUT2D eigenvalue weighted by molar-refractivity contribution is 6.30. The number of ether oxygens (including phenoxy) is 1. The lowest BCUT2D eigenvalue weighted by molar-refractivity contribution is -0.174. The van der Waals surface area contributed by atoms with E-state index in [4.69, 9.17) is 11.6 Å². The Hall–Kier alpha value is -1.84. The van der Waals surface area contributed by atoms with Gasteiger partial charge in [-0.2, -0.15) is 13.2 Å². The number of hydrogen-bond donors (Lipinski definition) is 0. The maximum absolute atomic E-state index is 13.0. The standard InChI is InChI=1S/C22H29ClF3N3O3/c23-19-6-4-17(5-7-19)20(30)29-9-1-3-18(15-29)21(31)28-12-10-27(11-13-28)8-2-14-32-16-22(24,25)26/h4-7,18H,1-3,8-16H2. The molecule has 178 valence electrons. The van der Waals surface area contributed by atoms with Crippen molar-refractivity contribution in [2.75, 3.05) is 59.0 Å². The molecule has 2 aliphatic rings. The van der Waals surface area contributed by atoms with Crippen LogP contribution >= 0.6 is 11.6 Å². The van der Waals surface area contributed by atoms with Gasteiger partial charge in [-0.3, -0.25) is 14.5 Å². The Kier molecular flexibility index (Phi) is 8.79. The van der Waals surface area contributed by atoms with E-state index in [-0.39, 0.29) is 24.3 Å². The van der Waals surface area contributed by atoms with E-state index in [2.05, 4.69) is 9.64 Å². The van der Waals surface area contributed by atoms with Crippen molar-refractivity contribution in [3.63, 3.8) is 0 Å². The van der Waals surface area contributed by atoms with Crippen molar-refractivity contribution in [3.8, 4) is 0 Å². The van der Waals surface area contributed by atoms with Crippen LogP contribution in [-0.4, -0.2) is 91.7 Å². The van der Waals surface area contributed by atoms with E-state index in [0.29, 0.717) is 62.8 Å². The molecule has 0 radical (unpaired) electrons. The molecule has 1 aromatic carbocycles. The third-order valence-electron chi connectivity index (χ3n) is 5.86. The molecule has 0 spiro atoms. The van der Waals surface area contributed by atoms with Crippen LogP contribution in [0.3, 0.4) is 0 Å². The Morgan fingerprint density at radius 1 is 1.03 bits per heavy atom. The van der Waals surface area contributed by atoms with Gasteiger partial charge in [0.05, 0.1) is 5.92 Å². The zero-order valence-electron chi connectivity index (χ0n) is 18.0. The molecule has 2 amide bonds. The zero-order chi connectivity index (χ0) is 23.1. The average Bonchev–Trinajstić information content (AvgIpc) is 2.78. The second-order valence-corrected chi connectivity index (χ2v) is 8.72. The number of hydrogen-bond acceptors (Lipinski definition) is 4. The van der Waals surface area contributed by atoms with Gasteiger partial charge < -0.3 is 14.5 Å². The number of carbonyl (C=O) groups excluding carboxylic acids is 2. The number of benzene rings is 1. The second-order valence-electron chi connectivity index (χ2n) is 8.29. The monoisotopic (exact) mass is 475 g/mol. The second kappa shape index (κ2) is 11.3. The fourth-order valence-corrected chi connectivity index (χ4v) is 4.29. The van der Waals surface area contributed by atoms with Crippen LogP contribution in [0.25, 0.3) is 0 Å². The maximum atomic E-state index is 13.0. The Labute approximate surface area is 191 Å². The van der Waals surface area contributed by atoms with Crippen LogP contribution in [0.15, 0.2) is 24.3 Å². The third kappa shape index (κ3) is 7.35. The molecule has 1 atom stereocenters. The molecule has 2 saturated heterocycles. The van der Waals surface area contributed by atoms with Crippen LogP contribution in [0.2, 0.25) is 5.02 Å². The third-order valence-corrected chi connectivity index (χ3v) is 6.11. The number of nitrogens with zero attached hydrogens (tertiary/aromatic N) is 3. The molecule has 3 rings (SSSR count). The first-order valence-electron chi connectivity index (χ1n) is 10.9. The summed E-state index contributed by atoms with van der Waals surface area (Å²) in [5, 5.41) is 0.571. The lowest BCUT2D eigenvalue weighted by Gasteiger charge is -2.39. The lowest BCUT2D eigenvalue weighted by Crippen LogP contribution is -2.53. The Morgan fingerprint density at radius 2 is 1.72 bits per heavy atom. The van der Waals surface area contributed by atoms with Crippen molar-refractivity contribution >= 4 is 23.4 Å². The molecule has 10 heteroatoms. The number of carbonyl (C=O) groups is 2. The van der Waals surface area contributed by atoms with Crippen molar-refractivity contribution in [1.82, 2.24) is 14.7 Å². The number of halogens is 4. The lowest BCUT2D eigenvalue weighted by atomic mass is 9.95. The van der Waals surface area contributed by atoms with Crippen LogP contribution < -0.4 is 0 Å². The first-order valence-corrected chi connectivity index (χ1v) is 11.3. The molecule has 0 saturated carbocycles. The Balaban J connectivity index is 1.40. The van der Waals surface area contributed by atoms with Crippen LogP contribution in [0.5, 0.6) is 0 Å². The first kappa shape index (κ1) is 24.8. The van der Waals surface area contributed by atoms with E-state index in [1.807, 2.05) is 4.90 Å². The normalized spacial score (nSPS) is 20.4. The summed E-state index contributed by atoms with van der Waals surface area (Å²) in [6, 6.07) is 6.76. The van der Waals surface area contributed by atoms with E-state index in [1.165, 1.54) is 0 Å². The van der Waals surface area contributed by atoms with Crippen molar-refractivity contribution in [2.24, 2.45) is 5.92 Å². The smallest absolute Gasteiger partial charge is 0.372 e. The summed E-state index contributed by atoms with van der Waals surface area (Å²) in [7, 11) is 0. The number of rotatable bonds is 7. The summed E-state index contributed by atoms with van der Waals surface area (Å²) < 4.78 is 40.9. The quantitative estimate of drug-likeness (QED) is 0.568. The number of piperazine rings is 1. The minimum atomic E-state index is -4.29. The van der Waals surface area contributed by atoms with Gasteiger partial charge in [0.15, 0.2) is 0 Å². The fraction of sp³-hybridized carbons (Fsp3) is 0.636. The van der Waals surface area contributed by atoms with Gasteiger partial charge in [-0.1, -0.05) is 11.6 Å². The van der Waals surface area contributed by atoms with Gasteiger partial charge in [-0.25, -0.2) is 0 Å². The van der Waals surface area contributed by atoms with Gasteiger partial charge in [-0.05, 0) is 43.5 Å². The van der Waals surface area contributed by atoms with Gasteiger partial charge in [0.1, 0.15) is 6.61 Å². The SMILES string of the molecule is O=C(c1ccc(Cl)cc1)N1CCCC(C(=O)N2CCN(CCCOCC(F)(F)F)CC2)C1. The Morgan fingerprint density at radius 3 is 2.38 bits per heavy atom. The summed E-state index contributed by atoms with van der Waals surface area (Å²) in [5.41, 5.74) is 0.565. The van der Waals surface area contributed by atoms with Crippen molar-refractivity contribution in [3.05, 3.63) is 34.9 Å². The summed E-state index contributed by atoms with van der Waals surface area (Å²) in [6.07, 6.45) is -2.22. The molecule has 2 aliphatic heterocycles. The molecule has 1 aromatic rings. The molecule has 0 aromatic heterocycles. The summed E-state index contributed by atoms with van der Waals surface area (Å²) in [5.74, 6) is -0.217. The van der Waals surface area contributed by atoms with E-state index < -0.39 is 12.8 Å². The molecule has 0 aliphatic carbocycles. The van der Waals surface area contributed by atoms with Gasteiger partial charge >= 0.3 is 6.18 Å². The highest BCUT2D eigenvalue weighted by atomic mass is 35.5. The maximum Gasteiger partial charge on any atom is 0.411 e. The van der Waals surface area contributed by atoms with Crippen molar-refractivity contribution < 1.29 is 27.5 Å². The van der Waals surface area contributed by atoms with Gasteiger partial charge in [0.25, 0.3) is 5.91 Å². The largest absolute Gasteiger partial charge is 0.411 e. The zero-order valence-corrected chi connectivity index (χ0v) is 18.7. The molecular weight excluding hydrogens is 447 g/mol. The summed E-state index contributed by atoms with van der Waals surface area (Å²) >= 11 is 5.90. The average molecular weight is 476 g/mol. The van der Waals surface area contributed by atoms with E-state index in [9.17, 15) is 22.8 Å². The Bertz CT molecular complexity index is 768. The number of piperidine rings is 1. The number of likely N-dealkylation sites (tertiary alicyclic amines) is 1. The summed E-state index contributed by atoms with van der Waals surface area (Å²) in [4.78, 5) is 31.5. The van der Waals surface area contributed by atoms with Crippen LogP contribution in [0.4, 0.5) is 13.2 Å². The number of alkyl halides is 3. The van der Waals surface area contributed by atoms with E-state index in [0.717, 1.165) is 12.8 Å². The van der Waals surface area contributed by atoms with Crippen LogP contribution in [0, 0.1) is 5.92 Å².